The van der Waals surface area contributed by atoms with E-state index in [1.807, 2.05) is 26.8 Å². The summed E-state index contributed by atoms with van der Waals surface area (Å²) < 4.78 is 33.3. The first-order chi connectivity index (χ1) is 14.2. The van der Waals surface area contributed by atoms with E-state index in [1.54, 1.807) is 4.90 Å². The summed E-state index contributed by atoms with van der Waals surface area (Å²) in [6, 6.07) is 6.94. The molecule has 1 aromatic carbocycles. The van der Waals surface area contributed by atoms with Crippen molar-refractivity contribution in [2.75, 3.05) is 26.2 Å². The van der Waals surface area contributed by atoms with E-state index in [0.717, 1.165) is 11.5 Å². The Morgan fingerprint density at radius 2 is 1.83 bits per heavy atom. The largest absolute Gasteiger partial charge is 0.360 e. The Morgan fingerprint density at radius 3 is 2.37 bits per heavy atom. The lowest BCUT2D eigenvalue weighted by atomic mass is 10.0. The number of carbonyl (C=O) groups excluding carboxylic acids is 1. The van der Waals surface area contributed by atoms with Gasteiger partial charge in [0, 0.05) is 37.3 Å². The van der Waals surface area contributed by atoms with Crippen LogP contribution < -0.4 is 4.72 Å². The van der Waals surface area contributed by atoms with Gasteiger partial charge in [-0.05, 0) is 37.1 Å². The predicted octanol–water partition coefficient (Wildman–Crippen LogP) is 2.28. The number of halogens is 1. The highest BCUT2D eigenvalue weighted by atomic mass is 35.5. The number of hydrogen-bond acceptors (Lipinski definition) is 6. The molecule has 2 heterocycles. The van der Waals surface area contributed by atoms with Crippen LogP contribution in [0.25, 0.3) is 0 Å². The Labute approximate surface area is 182 Å². The highest BCUT2D eigenvalue weighted by Gasteiger charge is 2.33. The molecule has 30 heavy (non-hydrogen) atoms. The summed E-state index contributed by atoms with van der Waals surface area (Å²) in [5.41, 5.74) is 0.839. The third-order valence-electron chi connectivity index (χ3n) is 5.08. The quantitative estimate of drug-likeness (QED) is 0.689. The van der Waals surface area contributed by atoms with Crippen molar-refractivity contribution < 1.29 is 17.7 Å². The van der Waals surface area contributed by atoms with Crippen molar-refractivity contribution in [1.29, 1.82) is 0 Å². The lowest BCUT2D eigenvalue weighted by molar-refractivity contribution is -0.135. The van der Waals surface area contributed by atoms with E-state index in [9.17, 15) is 13.2 Å². The van der Waals surface area contributed by atoms with Crippen molar-refractivity contribution in [1.82, 2.24) is 19.7 Å². The van der Waals surface area contributed by atoms with Crippen LogP contribution in [0.15, 0.2) is 39.8 Å². The lowest BCUT2D eigenvalue weighted by Crippen LogP contribution is -2.56. The Kier molecular flexibility index (Phi) is 7.18. The highest BCUT2D eigenvalue weighted by molar-refractivity contribution is 7.89. The molecule has 2 aromatic rings. The molecule has 10 heteroatoms. The molecule has 8 nitrogen and oxygen atoms in total. The van der Waals surface area contributed by atoms with E-state index in [-0.39, 0.29) is 16.7 Å². The SMILES string of the molecule is Cc1cc(CN2CCN(C(=O)[C@@H](NS(=O)(=O)c3ccc(Cl)cc3)C(C)C)CC2)on1. The molecule has 1 fully saturated rings. The molecule has 1 saturated heterocycles. The average molecular weight is 455 g/mol. The maximum atomic E-state index is 13.1. The molecule has 1 N–H and O–H groups in total. The number of nitrogens with one attached hydrogen (secondary N) is 1. The highest BCUT2D eigenvalue weighted by Crippen LogP contribution is 2.17. The molecule has 0 aliphatic carbocycles. The topological polar surface area (TPSA) is 95.8 Å². The van der Waals surface area contributed by atoms with Gasteiger partial charge in [0.05, 0.1) is 17.1 Å². The maximum Gasteiger partial charge on any atom is 0.241 e. The number of benzene rings is 1. The molecule has 0 bridgehead atoms. The van der Waals surface area contributed by atoms with Crippen molar-refractivity contribution in [2.24, 2.45) is 5.92 Å². The normalized spacial score (nSPS) is 16.8. The maximum absolute atomic E-state index is 13.1. The van der Waals surface area contributed by atoms with Crippen molar-refractivity contribution >= 4 is 27.5 Å². The van der Waals surface area contributed by atoms with Gasteiger partial charge in [-0.25, -0.2) is 8.42 Å². The van der Waals surface area contributed by atoms with E-state index >= 15 is 0 Å². The third-order valence-corrected chi connectivity index (χ3v) is 6.79. The molecule has 0 radical (unpaired) electrons. The van der Waals surface area contributed by atoms with E-state index in [2.05, 4.69) is 14.8 Å². The number of amides is 1. The minimum atomic E-state index is -3.84. The zero-order valence-corrected chi connectivity index (χ0v) is 18.9. The van der Waals surface area contributed by atoms with Gasteiger partial charge in [0.25, 0.3) is 0 Å². The van der Waals surface area contributed by atoms with Crippen molar-refractivity contribution in [3.05, 3.63) is 46.8 Å². The van der Waals surface area contributed by atoms with Crippen LogP contribution in [0, 0.1) is 12.8 Å². The van der Waals surface area contributed by atoms with Crippen LogP contribution in [0.3, 0.4) is 0 Å². The summed E-state index contributed by atoms with van der Waals surface area (Å²) in [6.07, 6.45) is 0. The summed E-state index contributed by atoms with van der Waals surface area (Å²) >= 11 is 5.84. The molecule has 1 aromatic heterocycles. The summed E-state index contributed by atoms with van der Waals surface area (Å²) in [7, 11) is -3.84. The van der Waals surface area contributed by atoms with Gasteiger partial charge in [0.2, 0.25) is 15.9 Å². The zero-order valence-electron chi connectivity index (χ0n) is 17.3. The Morgan fingerprint density at radius 1 is 1.20 bits per heavy atom. The molecule has 1 amide bonds. The molecule has 3 rings (SSSR count). The number of rotatable bonds is 7. The first-order valence-corrected chi connectivity index (χ1v) is 11.7. The van der Waals surface area contributed by atoms with Crippen LogP contribution in [0.5, 0.6) is 0 Å². The number of nitrogens with zero attached hydrogens (tertiary/aromatic N) is 3. The van der Waals surface area contributed by atoms with Crippen LogP contribution in [0.1, 0.15) is 25.3 Å². The molecule has 0 saturated carbocycles. The van der Waals surface area contributed by atoms with Crippen molar-refractivity contribution in [3.8, 4) is 0 Å². The van der Waals surface area contributed by atoms with Gasteiger partial charge >= 0.3 is 0 Å². The summed E-state index contributed by atoms with van der Waals surface area (Å²) in [5, 5.41) is 4.34. The van der Waals surface area contributed by atoms with E-state index in [4.69, 9.17) is 16.1 Å². The average Bonchev–Trinajstić information content (AvgIpc) is 3.11. The van der Waals surface area contributed by atoms with E-state index in [1.165, 1.54) is 24.3 Å². The minimum absolute atomic E-state index is 0.0810. The Bertz CT molecular complexity index is 967. The fourth-order valence-corrected chi connectivity index (χ4v) is 4.82. The molecule has 1 atom stereocenters. The molecule has 1 aliphatic rings. The standard InChI is InChI=1S/C20H27ClN4O4S/c1-14(2)19(23-30(27,28)18-6-4-16(21)5-7-18)20(26)25-10-8-24(9-11-25)13-17-12-15(3)22-29-17/h4-7,12,14,19,23H,8-11,13H2,1-3H3/t19-/m0/s1. The first kappa shape index (κ1) is 22.7. The number of aromatic nitrogens is 1. The van der Waals surface area contributed by atoms with Gasteiger partial charge in [-0.3, -0.25) is 9.69 Å². The number of carbonyl (C=O) groups is 1. The number of piperazine rings is 1. The van der Waals surface area contributed by atoms with Gasteiger partial charge in [-0.15, -0.1) is 0 Å². The van der Waals surface area contributed by atoms with Gasteiger partial charge in [-0.1, -0.05) is 30.6 Å². The Balaban J connectivity index is 1.62. The summed E-state index contributed by atoms with van der Waals surface area (Å²) in [5.74, 6) is 0.385. The Hall–Kier alpha value is -1.94. The second kappa shape index (κ2) is 9.47. The van der Waals surface area contributed by atoms with Gasteiger partial charge in [0.15, 0.2) is 5.76 Å². The van der Waals surface area contributed by atoms with Gasteiger partial charge in [0.1, 0.15) is 6.04 Å². The zero-order chi connectivity index (χ0) is 21.9. The van der Waals surface area contributed by atoms with Crippen LogP contribution in [-0.4, -0.2) is 61.5 Å². The molecular formula is C20H27ClN4O4S. The third kappa shape index (κ3) is 5.60. The summed E-state index contributed by atoms with van der Waals surface area (Å²) in [6.45, 7) is 8.58. The fraction of sp³-hybridized carbons (Fsp3) is 0.500. The number of aryl methyl sites for hydroxylation is 1. The second-order valence-electron chi connectivity index (χ2n) is 7.83. The second-order valence-corrected chi connectivity index (χ2v) is 9.98. The first-order valence-electron chi connectivity index (χ1n) is 9.87. The molecule has 1 aliphatic heterocycles. The summed E-state index contributed by atoms with van der Waals surface area (Å²) in [4.78, 5) is 17.1. The smallest absolute Gasteiger partial charge is 0.241 e. The van der Waals surface area contributed by atoms with Gasteiger partial charge < -0.3 is 9.42 Å². The van der Waals surface area contributed by atoms with Crippen molar-refractivity contribution in [3.63, 3.8) is 0 Å². The minimum Gasteiger partial charge on any atom is -0.360 e. The monoisotopic (exact) mass is 454 g/mol. The molecule has 0 spiro atoms. The van der Waals surface area contributed by atoms with E-state index < -0.39 is 16.1 Å². The predicted molar refractivity (Wildman–Crippen MR) is 113 cm³/mol. The van der Waals surface area contributed by atoms with Crippen molar-refractivity contribution in [2.45, 2.75) is 38.3 Å². The molecule has 164 valence electrons. The lowest BCUT2D eigenvalue weighted by Gasteiger charge is -2.36. The molecular weight excluding hydrogens is 428 g/mol. The van der Waals surface area contributed by atoms with Crippen LogP contribution in [-0.2, 0) is 21.4 Å². The number of sulfonamides is 1. The van der Waals surface area contributed by atoms with Crippen LogP contribution in [0.4, 0.5) is 0 Å². The van der Waals surface area contributed by atoms with Crippen LogP contribution in [0.2, 0.25) is 5.02 Å². The number of hydrogen-bond donors (Lipinski definition) is 1. The molecule has 0 unspecified atom stereocenters. The fourth-order valence-electron chi connectivity index (χ4n) is 3.35. The van der Waals surface area contributed by atoms with Gasteiger partial charge in [-0.2, -0.15) is 4.72 Å². The van der Waals surface area contributed by atoms with Crippen LogP contribution >= 0.6 is 11.6 Å². The van der Waals surface area contributed by atoms with E-state index in [0.29, 0.717) is 37.7 Å².